The van der Waals surface area contributed by atoms with Gasteiger partial charge in [0, 0.05) is 26.2 Å². The van der Waals surface area contributed by atoms with Gasteiger partial charge in [-0.2, -0.15) is 26.3 Å². The maximum absolute atomic E-state index is 12.9. The van der Waals surface area contributed by atoms with E-state index < -0.39 is 45.1 Å². The van der Waals surface area contributed by atoms with Crippen molar-refractivity contribution < 1.29 is 39.6 Å². The number of alkyl halides is 6. The number of hydrogen-bond acceptors (Lipinski definition) is 3. The molecule has 0 saturated heterocycles. The number of carbonyl (C=O) groups excluding carboxylic acids is 1. The molecule has 0 spiro atoms. The van der Waals surface area contributed by atoms with E-state index in [2.05, 4.69) is 0 Å². The fraction of sp³-hybridized carbons (Fsp3) is 0.316. The minimum Gasteiger partial charge on any atom is -0.326 e. The summed E-state index contributed by atoms with van der Waals surface area (Å²) < 4.78 is 102. The summed E-state index contributed by atoms with van der Waals surface area (Å²) in [4.78, 5) is 12.1. The Kier molecular flexibility index (Phi) is 7.06. The van der Waals surface area contributed by atoms with Gasteiger partial charge in [0.1, 0.15) is 0 Å². The Bertz CT molecular complexity index is 1010. The van der Waals surface area contributed by atoms with E-state index in [1.165, 1.54) is 38.4 Å². The van der Waals surface area contributed by atoms with Crippen LogP contribution in [0, 0.1) is 0 Å². The largest absolute Gasteiger partial charge is 0.416 e. The molecule has 0 aromatic heterocycles. The SMILES string of the molecule is CN(C)S(=O)(=O)c1ccc(CCC(=O)Nc2cc(C(F)(F)F)cc(C(F)(F)F)c2)cc1. The van der Waals surface area contributed by atoms with Gasteiger partial charge in [-0.3, -0.25) is 4.79 Å². The Morgan fingerprint density at radius 3 is 1.81 bits per heavy atom. The number of nitrogens with zero attached hydrogens (tertiary/aromatic N) is 1. The maximum Gasteiger partial charge on any atom is 0.416 e. The van der Waals surface area contributed by atoms with E-state index in [1.807, 2.05) is 5.32 Å². The van der Waals surface area contributed by atoms with Crippen LogP contribution in [0.4, 0.5) is 32.0 Å². The molecule has 0 fully saturated rings. The molecule has 0 bridgehead atoms. The number of amides is 1. The lowest BCUT2D eigenvalue weighted by molar-refractivity contribution is -0.143. The molecule has 0 aliphatic heterocycles. The highest BCUT2D eigenvalue weighted by molar-refractivity contribution is 7.89. The number of nitrogens with one attached hydrogen (secondary N) is 1. The molecule has 0 unspecified atom stereocenters. The molecule has 2 aromatic rings. The van der Waals surface area contributed by atoms with Gasteiger partial charge < -0.3 is 5.32 Å². The Labute approximate surface area is 174 Å². The molecule has 0 aliphatic carbocycles. The summed E-state index contributed by atoms with van der Waals surface area (Å²) in [6.45, 7) is 0. The van der Waals surface area contributed by atoms with Crippen molar-refractivity contribution in [3.05, 3.63) is 59.2 Å². The topological polar surface area (TPSA) is 66.5 Å². The van der Waals surface area contributed by atoms with Gasteiger partial charge in [0.15, 0.2) is 0 Å². The van der Waals surface area contributed by atoms with Crippen molar-refractivity contribution in [1.82, 2.24) is 4.31 Å². The van der Waals surface area contributed by atoms with Crippen molar-refractivity contribution >= 4 is 21.6 Å². The average Bonchev–Trinajstić information content (AvgIpc) is 2.65. The monoisotopic (exact) mass is 468 g/mol. The molecule has 170 valence electrons. The first kappa shape index (κ1) is 24.7. The second kappa shape index (κ2) is 8.87. The summed E-state index contributed by atoms with van der Waals surface area (Å²) in [6.07, 6.45) is -10.2. The van der Waals surface area contributed by atoms with Crippen molar-refractivity contribution in [1.29, 1.82) is 0 Å². The van der Waals surface area contributed by atoms with E-state index in [4.69, 9.17) is 0 Å². The van der Waals surface area contributed by atoms with Crippen molar-refractivity contribution in [3.63, 3.8) is 0 Å². The molecule has 1 N–H and O–H groups in total. The number of benzene rings is 2. The molecule has 2 aromatic carbocycles. The van der Waals surface area contributed by atoms with Gasteiger partial charge in [0.25, 0.3) is 0 Å². The van der Waals surface area contributed by atoms with Crippen molar-refractivity contribution in [2.75, 3.05) is 19.4 Å². The lowest BCUT2D eigenvalue weighted by Gasteiger charge is -2.15. The van der Waals surface area contributed by atoms with E-state index >= 15 is 0 Å². The average molecular weight is 468 g/mol. The normalized spacial score (nSPS) is 12.8. The van der Waals surface area contributed by atoms with Crippen LogP contribution in [0.5, 0.6) is 0 Å². The van der Waals surface area contributed by atoms with Crippen LogP contribution >= 0.6 is 0 Å². The van der Waals surface area contributed by atoms with Gasteiger partial charge in [0.2, 0.25) is 15.9 Å². The Morgan fingerprint density at radius 1 is 0.903 bits per heavy atom. The minimum absolute atomic E-state index is 0.0288. The molecule has 2 rings (SSSR count). The summed E-state index contributed by atoms with van der Waals surface area (Å²) in [7, 11) is -0.894. The van der Waals surface area contributed by atoms with Gasteiger partial charge in [-0.25, -0.2) is 12.7 Å². The van der Waals surface area contributed by atoms with E-state index in [0.717, 1.165) is 4.31 Å². The molecule has 0 radical (unpaired) electrons. The molecular formula is C19H18F6N2O3S. The van der Waals surface area contributed by atoms with Gasteiger partial charge >= 0.3 is 12.4 Å². The lowest BCUT2D eigenvalue weighted by Crippen LogP contribution is -2.22. The number of anilines is 1. The van der Waals surface area contributed by atoms with E-state index in [0.29, 0.717) is 17.7 Å². The van der Waals surface area contributed by atoms with Gasteiger partial charge in [-0.05, 0) is 42.3 Å². The lowest BCUT2D eigenvalue weighted by atomic mass is 10.1. The van der Waals surface area contributed by atoms with Crippen LogP contribution in [-0.2, 0) is 33.6 Å². The number of aryl methyl sites for hydroxylation is 1. The molecular weight excluding hydrogens is 450 g/mol. The summed E-state index contributed by atoms with van der Waals surface area (Å²) in [5.41, 5.74) is -3.13. The zero-order valence-corrected chi connectivity index (χ0v) is 17.1. The molecule has 31 heavy (non-hydrogen) atoms. The molecule has 0 atom stereocenters. The fourth-order valence-electron chi connectivity index (χ4n) is 2.55. The third-order valence-electron chi connectivity index (χ3n) is 4.21. The van der Waals surface area contributed by atoms with Crippen LogP contribution in [0.2, 0.25) is 0 Å². The van der Waals surface area contributed by atoms with Gasteiger partial charge in [-0.15, -0.1) is 0 Å². The minimum atomic E-state index is -5.02. The number of hydrogen-bond donors (Lipinski definition) is 1. The summed E-state index contributed by atoms with van der Waals surface area (Å²) in [5, 5.41) is 2.05. The summed E-state index contributed by atoms with van der Waals surface area (Å²) >= 11 is 0. The van der Waals surface area contributed by atoms with Crippen LogP contribution in [0.3, 0.4) is 0 Å². The Hall–Kier alpha value is -2.60. The molecule has 1 amide bonds. The third-order valence-corrected chi connectivity index (χ3v) is 6.04. The van der Waals surface area contributed by atoms with Crippen molar-refractivity contribution in [3.8, 4) is 0 Å². The Morgan fingerprint density at radius 2 is 1.39 bits per heavy atom. The van der Waals surface area contributed by atoms with Crippen molar-refractivity contribution in [2.24, 2.45) is 0 Å². The Balaban J connectivity index is 2.11. The maximum atomic E-state index is 12.9. The highest BCUT2D eigenvalue weighted by Crippen LogP contribution is 2.37. The van der Waals surface area contributed by atoms with E-state index in [9.17, 15) is 39.6 Å². The van der Waals surface area contributed by atoms with Crippen LogP contribution < -0.4 is 5.32 Å². The first-order valence-corrected chi connectivity index (χ1v) is 10.2. The number of rotatable bonds is 6. The quantitative estimate of drug-likeness (QED) is 0.633. The third kappa shape index (κ3) is 6.44. The predicted octanol–water partition coefficient (Wildman–Crippen LogP) is 4.55. The number of halogens is 6. The van der Waals surface area contributed by atoms with Gasteiger partial charge in [0.05, 0.1) is 16.0 Å². The first-order valence-electron chi connectivity index (χ1n) is 8.71. The van der Waals surface area contributed by atoms with Crippen LogP contribution in [0.25, 0.3) is 0 Å². The molecule has 12 heteroatoms. The fourth-order valence-corrected chi connectivity index (χ4v) is 3.45. The summed E-state index contributed by atoms with van der Waals surface area (Å²) in [6, 6.07) is 6.43. The van der Waals surface area contributed by atoms with Crippen molar-refractivity contribution in [2.45, 2.75) is 30.1 Å². The highest BCUT2D eigenvalue weighted by atomic mass is 32.2. The summed E-state index contributed by atoms with van der Waals surface area (Å²) in [5.74, 6) is -0.794. The zero-order valence-electron chi connectivity index (χ0n) is 16.3. The van der Waals surface area contributed by atoms with E-state index in [1.54, 1.807) is 0 Å². The molecule has 0 saturated carbocycles. The molecule has 0 heterocycles. The number of carbonyl (C=O) groups is 1. The van der Waals surface area contributed by atoms with Gasteiger partial charge in [-0.1, -0.05) is 12.1 Å². The van der Waals surface area contributed by atoms with E-state index in [-0.39, 0.29) is 23.8 Å². The first-order chi connectivity index (χ1) is 14.1. The molecule has 0 aliphatic rings. The van der Waals surface area contributed by atoms with Crippen LogP contribution in [-0.4, -0.2) is 32.7 Å². The smallest absolute Gasteiger partial charge is 0.326 e. The number of sulfonamides is 1. The predicted molar refractivity (Wildman–Crippen MR) is 101 cm³/mol. The molecule has 5 nitrogen and oxygen atoms in total. The van der Waals surface area contributed by atoms with Crippen LogP contribution in [0.15, 0.2) is 47.4 Å². The standard InChI is InChI=1S/C19H18F6N2O3S/c1-27(2)31(29,30)16-6-3-12(4-7-16)5-8-17(28)26-15-10-13(18(20,21)22)9-14(11-15)19(23,24)25/h3-4,6-7,9-11H,5,8H2,1-2H3,(H,26,28). The second-order valence-electron chi connectivity index (χ2n) is 6.77. The van der Waals surface area contributed by atoms with Crippen LogP contribution in [0.1, 0.15) is 23.1 Å². The highest BCUT2D eigenvalue weighted by Gasteiger charge is 2.37. The second-order valence-corrected chi connectivity index (χ2v) is 8.93. The zero-order chi connectivity index (χ0) is 23.6.